The molecule has 0 unspecified atom stereocenters. The van der Waals surface area contributed by atoms with Gasteiger partial charge < -0.3 is 5.32 Å². The van der Waals surface area contributed by atoms with Gasteiger partial charge in [-0.2, -0.15) is 5.10 Å². The number of hydrogen-bond donors (Lipinski definition) is 3. The summed E-state index contributed by atoms with van der Waals surface area (Å²) >= 11 is 0. The second kappa shape index (κ2) is 5.30. The van der Waals surface area contributed by atoms with E-state index in [1.54, 1.807) is 6.07 Å². The van der Waals surface area contributed by atoms with Gasteiger partial charge in [-0.05, 0) is 37.1 Å². The average Bonchev–Trinajstić information content (AvgIpc) is 3.11. The number of benzene rings is 1. The van der Waals surface area contributed by atoms with Crippen molar-refractivity contribution in [1.82, 2.24) is 14.9 Å². The third-order valence-corrected chi connectivity index (χ3v) is 4.61. The highest BCUT2D eigenvalue weighted by Crippen LogP contribution is 2.22. The molecule has 1 fully saturated rings. The fraction of sp³-hybridized carbons (Fsp3) is 0.231. The Labute approximate surface area is 121 Å². The second-order valence-corrected chi connectivity index (χ2v) is 6.56. The second-order valence-electron chi connectivity index (χ2n) is 4.84. The highest BCUT2D eigenvalue weighted by molar-refractivity contribution is 7.89. The van der Waals surface area contributed by atoms with Gasteiger partial charge in [0.2, 0.25) is 10.0 Å². The first-order chi connectivity index (χ1) is 10.0. The van der Waals surface area contributed by atoms with Crippen LogP contribution in [0.5, 0.6) is 0 Å². The van der Waals surface area contributed by atoms with Gasteiger partial charge >= 0.3 is 0 Å². The fourth-order valence-corrected chi connectivity index (χ4v) is 3.10. The number of hydrogen-bond acceptors (Lipinski definition) is 4. The lowest BCUT2D eigenvalue weighted by atomic mass is 10.2. The molecule has 0 aliphatic heterocycles. The van der Waals surface area contributed by atoms with Crippen molar-refractivity contribution in [3.8, 4) is 0 Å². The number of aromatic amines is 1. The van der Waals surface area contributed by atoms with Crippen molar-refractivity contribution in [2.24, 2.45) is 0 Å². The number of sulfonamides is 1. The molecule has 1 amide bonds. The van der Waals surface area contributed by atoms with Crippen LogP contribution in [0.15, 0.2) is 41.4 Å². The zero-order chi connectivity index (χ0) is 14.9. The van der Waals surface area contributed by atoms with Crippen molar-refractivity contribution in [1.29, 1.82) is 0 Å². The monoisotopic (exact) mass is 306 g/mol. The molecule has 1 saturated carbocycles. The minimum Gasteiger partial charge on any atom is -0.307 e. The Morgan fingerprint density at radius 1 is 1.19 bits per heavy atom. The van der Waals surface area contributed by atoms with Crippen LogP contribution in [0.4, 0.5) is 5.82 Å². The SMILES string of the molecule is O=C(Nc1ccn[nH]1)c1ccc(S(=O)(=O)NC2CC2)cc1. The molecule has 0 atom stereocenters. The van der Waals surface area contributed by atoms with Gasteiger partial charge in [-0.25, -0.2) is 13.1 Å². The molecule has 3 N–H and O–H groups in total. The number of anilines is 1. The molecule has 1 heterocycles. The molecule has 110 valence electrons. The van der Waals surface area contributed by atoms with E-state index < -0.39 is 10.0 Å². The van der Waals surface area contributed by atoms with E-state index in [0.29, 0.717) is 11.4 Å². The van der Waals surface area contributed by atoms with Crippen LogP contribution in [0, 0.1) is 0 Å². The maximum absolute atomic E-state index is 12.0. The van der Waals surface area contributed by atoms with E-state index >= 15 is 0 Å². The molecule has 1 aliphatic rings. The number of H-pyrrole nitrogens is 1. The van der Waals surface area contributed by atoms with Crippen LogP contribution in [0.25, 0.3) is 0 Å². The smallest absolute Gasteiger partial charge is 0.256 e. The van der Waals surface area contributed by atoms with Gasteiger partial charge in [0.15, 0.2) is 0 Å². The predicted octanol–water partition coefficient (Wildman–Crippen LogP) is 1.10. The number of carbonyl (C=O) groups is 1. The van der Waals surface area contributed by atoms with Crippen LogP contribution in [-0.2, 0) is 10.0 Å². The first-order valence-corrected chi connectivity index (χ1v) is 7.96. The van der Waals surface area contributed by atoms with E-state index in [1.807, 2.05) is 0 Å². The van der Waals surface area contributed by atoms with Crippen molar-refractivity contribution in [3.05, 3.63) is 42.1 Å². The van der Waals surface area contributed by atoms with Crippen molar-refractivity contribution in [2.45, 2.75) is 23.8 Å². The van der Waals surface area contributed by atoms with Gasteiger partial charge in [-0.1, -0.05) is 0 Å². The summed E-state index contributed by atoms with van der Waals surface area (Å²) in [6.45, 7) is 0. The van der Waals surface area contributed by atoms with Gasteiger partial charge in [0.1, 0.15) is 5.82 Å². The molecule has 1 aromatic carbocycles. The Hall–Kier alpha value is -2.19. The molecule has 0 bridgehead atoms. The predicted molar refractivity (Wildman–Crippen MR) is 76.3 cm³/mol. The summed E-state index contributed by atoms with van der Waals surface area (Å²) < 4.78 is 26.6. The Morgan fingerprint density at radius 3 is 2.48 bits per heavy atom. The van der Waals surface area contributed by atoms with E-state index in [-0.39, 0.29) is 16.8 Å². The standard InChI is InChI=1S/C13H14N4O3S/c18-13(15-12-7-8-14-16-12)9-1-5-11(6-2-9)21(19,20)17-10-3-4-10/h1-2,5-8,10,17H,3-4H2,(H2,14,15,16,18). The summed E-state index contributed by atoms with van der Waals surface area (Å²) in [6.07, 6.45) is 3.28. The third kappa shape index (κ3) is 3.29. The van der Waals surface area contributed by atoms with E-state index in [1.165, 1.54) is 30.5 Å². The molecule has 2 aromatic rings. The first-order valence-electron chi connectivity index (χ1n) is 6.48. The molecule has 7 nitrogen and oxygen atoms in total. The quantitative estimate of drug-likeness (QED) is 0.769. The Balaban J connectivity index is 1.72. The lowest BCUT2D eigenvalue weighted by Gasteiger charge is -2.06. The summed E-state index contributed by atoms with van der Waals surface area (Å²) in [4.78, 5) is 12.1. The van der Waals surface area contributed by atoms with Crippen LogP contribution in [0.1, 0.15) is 23.2 Å². The maximum atomic E-state index is 12.0. The van der Waals surface area contributed by atoms with Crippen molar-refractivity contribution in [2.75, 3.05) is 5.32 Å². The molecular weight excluding hydrogens is 292 g/mol. The summed E-state index contributed by atoms with van der Waals surface area (Å²) in [5, 5.41) is 8.95. The number of rotatable bonds is 5. The number of carbonyl (C=O) groups excluding carboxylic acids is 1. The molecule has 1 aromatic heterocycles. The summed E-state index contributed by atoms with van der Waals surface area (Å²) in [5.41, 5.74) is 0.370. The Morgan fingerprint density at radius 2 is 1.90 bits per heavy atom. The third-order valence-electron chi connectivity index (χ3n) is 3.07. The largest absolute Gasteiger partial charge is 0.307 e. The minimum atomic E-state index is -3.49. The lowest BCUT2D eigenvalue weighted by Crippen LogP contribution is -2.25. The summed E-state index contributed by atoms with van der Waals surface area (Å²) in [5.74, 6) is 0.144. The maximum Gasteiger partial charge on any atom is 0.256 e. The topological polar surface area (TPSA) is 104 Å². The molecule has 0 spiro atoms. The van der Waals surface area contributed by atoms with E-state index in [9.17, 15) is 13.2 Å². The number of aromatic nitrogens is 2. The van der Waals surface area contributed by atoms with Crippen LogP contribution >= 0.6 is 0 Å². The van der Waals surface area contributed by atoms with Crippen LogP contribution < -0.4 is 10.0 Å². The fourth-order valence-electron chi connectivity index (χ4n) is 1.79. The highest BCUT2D eigenvalue weighted by Gasteiger charge is 2.27. The highest BCUT2D eigenvalue weighted by atomic mass is 32.2. The summed E-state index contributed by atoms with van der Waals surface area (Å²) in [6, 6.07) is 7.48. The Bertz CT molecular complexity index is 734. The zero-order valence-electron chi connectivity index (χ0n) is 11.0. The molecule has 3 rings (SSSR count). The first kappa shape index (κ1) is 13.8. The van der Waals surface area contributed by atoms with Crippen molar-refractivity contribution < 1.29 is 13.2 Å². The molecule has 0 saturated heterocycles. The number of nitrogens with zero attached hydrogens (tertiary/aromatic N) is 1. The molecule has 1 aliphatic carbocycles. The van der Waals surface area contributed by atoms with Crippen LogP contribution in [0.2, 0.25) is 0 Å². The number of amides is 1. The van der Waals surface area contributed by atoms with E-state index in [2.05, 4.69) is 20.2 Å². The van der Waals surface area contributed by atoms with Gasteiger partial charge in [-0.3, -0.25) is 9.89 Å². The molecule has 0 radical (unpaired) electrons. The average molecular weight is 306 g/mol. The van der Waals surface area contributed by atoms with Gasteiger partial charge in [-0.15, -0.1) is 0 Å². The molecule has 8 heteroatoms. The van der Waals surface area contributed by atoms with Crippen molar-refractivity contribution >= 4 is 21.7 Å². The summed E-state index contributed by atoms with van der Waals surface area (Å²) in [7, 11) is -3.49. The normalized spacial score (nSPS) is 14.9. The van der Waals surface area contributed by atoms with Crippen molar-refractivity contribution in [3.63, 3.8) is 0 Å². The van der Waals surface area contributed by atoms with Crippen LogP contribution in [0.3, 0.4) is 0 Å². The number of nitrogens with one attached hydrogen (secondary N) is 3. The van der Waals surface area contributed by atoms with Gasteiger partial charge in [0, 0.05) is 17.7 Å². The van der Waals surface area contributed by atoms with Gasteiger partial charge in [0.05, 0.1) is 11.1 Å². The Kier molecular flexibility index (Phi) is 3.48. The van der Waals surface area contributed by atoms with Crippen LogP contribution in [-0.4, -0.2) is 30.6 Å². The lowest BCUT2D eigenvalue weighted by molar-refractivity contribution is 0.102. The minimum absolute atomic E-state index is 0.0540. The molecule has 21 heavy (non-hydrogen) atoms. The van der Waals surface area contributed by atoms with E-state index in [0.717, 1.165) is 12.8 Å². The van der Waals surface area contributed by atoms with Gasteiger partial charge in [0.25, 0.3) is 5.91 Å². The molecular formula is C13H14N4O3S. The van der Waals surface area contributed by atoms with E-state index in [4.69, 9.17) is 0 Å². The zero-order valence-corrected chi connectivity index (χ0v) is 11.9.